The van der Waals surface area contributed by atoms with Crippen LogP contribution in [0, 0.1) is 0 Å². The third-order valence-electron chi connectivity index (χ3n) is 3.70. The van der Waals surface area contributed by atoms with E-state index >= 15 is 0 Å². The molecule has 0 aliphatic rings. The lowest BCUT2D eigenvalue weighted by atomic mass is 10.1. The highest BCUT2D eigenvalue weighted by molar-refractivity contribution is 9.10. The van der Waals surface area contributed by atoms with Crippen molar-refractivity contribution in [1.82, 2.24) is 5.32 Å². The zero-order chi connectivity index (χ0) is 19.1. The average Bonchev–Trinajstić information content (AvgIpc) is 2.66. The topological polar surface area (TPSA) is 66.0 Å². The number of ether oxygens (including phenoxy) is 4. The van der Waals surface area contributed by atoms with E-state index in [-0.39, 0.29) is 5.91 Å². The van der Waals surface area contributed by atoms with Gasteiger partial charge in [0.2, 0.25) is 0 Å². The number of rotatable bonds is 8. The van der Waals surface area contributed by atoms with Crippen molar-refractivity contribution in [1.29, 1.82) is 0 Å². The number of carbonyl (C=O) groups excluding carboxylic acids is 1. The van der Waals surface area contributed by atoms with Crippen LogP contribution in [0.4, 0.5) is 0 Å². The van der Waals surface area contributed by atoms with Gasteiger partial charge < -0.3 is 24.3 Å². The zero-order valence-electron chi connectivity index (χ0n) is 15.2. The molecule has 1 amide bonds. The molecule has 0 radical (unpaired) electrons. The number of methoxy groups -OCH3 is 3. The third-order valence-corrected chi connectivity index (χ3v) is 4.29. The van der Waals surface area contributed by atoms with E-state index in [4.69, 9.17) is 18.9 Å². The highest BCUT2D eigenvalue weighted by atomic mass is 79.9. The normalized spacial score (nSPS) is 10.2. The molecule has 0 heterocycles. The molecule has 0 bridgehead atoms. The Kier molecular flexibility index (Phi) is 7.15. The lowest BCUT2D eigenvalue weighted by Crippen LogP contribution is -2.23. The third kappa shape index (κ3) is 4.40. The van der Waals surface area contributed by atoms with E-state index in [1.807, 2.05) is 19.1 Å². The fourth-order valence-electron chi connectivity index (χ4n) is 2.51. The van der Waals surface area contributed by atoms with Crippen molar-refractivity contribution in [2.45, 2.75) is 13.5 Å². The Labute approximate surface area is 161 Å². The van der Waals surface area contributed by atoms with Gasteiger partial charge in [0.05, 0.1) is 32.4 Å². The van der Waals surface area contributed by atoms with E-state index in [1.54, 1.807) is 32.4 Å². The minimum atomic E-state index is -0.239. The van der Waals surface area contributed by atoms with Crippen LogP contribution in [0.2, 0.25) is 0 Å². The molecule has 0 aliphatic carbocycles. The Morgan fingerprint density at radius 3 is 2.38 bits per heavy atom. The van der Waals surface area contributed by atoms with Crippen molar-refractivity contribution < 1.29 is 23.7 Å². The summed E-state index contributed by atoms with van der Waals surface area (Å²) in [6.45, 7) is 2.68. The summed E-state index contributed by atoms with van der Waals surface area (Å²) in [5, 5.41) is 2.88. The van der Waals surface area contributed by atoms with Crippen LogP contribution in [-0.4, -0.2) is 33.8 Å². The predicted octanol–water partition coefficient (Wildman–Crippen LogP) is 3.80. The summed E-state index contributed by atoms with van der Waals surface area (Å²) in [7, 11) is 4.68. The van der Waals surface area contributed by atoms with E-state index in [1.165, 1.54) is 7.11 Å². The average molecular weight is 424 g/mol. The molecule has 2 aromatic carbocycles. The van der Waals surface area contributed by atoms with Crippen LogP contribution in [0.15, 0.2) is 34.8 Å². The fraction of sp³-hybridized carbons (Fsp3) is 0.316. The van der Waals surface area contributed by atoms with Crippen LogP contribution in [0.5, 0.6) is 23.0 Å². The summed E-state index contributed by atoms with van der Waals surface area (Å²) in [4.78, 5) is 12.6. The molecule has 0 aromatic heterocycles. The quantitative estimate of drug-likeness (QED) is 0.699. The lowest BCUT2D eigenvalue weighted by molar-refractivity contribution is 0.0950. The van der Waals surface area contributed by atoms with Crippen molar-refractivity contribution in [2.24, 2.45) is 0 Å². The van der Waals surface area contributed by atoms with Crippen LogP contribution < -0.4 is 24.3 Å². The van der Waals surface area contributed by atoms with Gasteiger partial charge in [0.1, 0.15) is 0 Å². The molecule has 0 unspecified atom stereocenters. The van der Waals surface area contributed by atoms with E-state index in [0.717, 1.165) is 5.56 Å². The molecule has 2 rings (SSSR count). The molecular formula is C19H22BrNO5. The number of benzene rings is 2. The van der Waals surface area contributed by atoms with Crippen molar-refractivity contribution in [3.8, 4) is 23.0 Å². The van der Waals surface area contributed by atoms with E-state index in [2.05, 4.69) is 21.2 Å². The maximum Gasteiger partial charge on any atom is 0.251 e. The molecule has 6 nitrogen and oxygen atoms in total. The van der Waals surface area contributed by atoms with E-state index < -0.39 is 0 Å². The van der Waals surface area contributed by atoms with Crippen LogP contribution in [-0.2, 0) is 6.54 Å². The summed E-state index contributed by atoms with van der Waals surface area (Å²) >= 11 is 3.42. The molecule has 0 spiro atoms. The number of halogens is 1. The van der Waals surface area contributed by atoms with Gasteiger partial charge in [0, 0.05) is 17.7 Å². The zero-order valence-corrected chi connectivity index (χ0v) is 16.8. The summed E-state index contributed by atoms with van der Waals surface area (Å²) in [5.74, 6) is 2.04. The summed E-state index contributed by atoms with van der Waals surface area (Å²) in [5.41, 5.74) is 1.27. The van der Waals surface area contributed by atoms with Crippen LogP contribution in [0.3, 0.4) is 0 Å². The summed E-state index contributed by atoms with van der Waals surface area (Å²) in [6.07, 6.45) is 0. The first kappa shape index (κ1) is 19.9. The van der Waals surface area contributed by atoms with Crippen molar-refractivity contribution >= 4 is 21.8 Å². The van der Waals surface area contributed by atoms with Gasteiger partial charge in [0.25, 0.3) is 5.91 Å². The van der Waals surface area contributed by atoms with Crippen LogP contribution in [0.1, 0.15) is 22.8 Å². The van der Waals surface area contributed by atoms with Gasteiger partial charge >= 0.3 is 0 Å². The predicted molar refractivity (Wildman–Crippen MR) is 103 cm³/mol. The fourth-order valence-corrected chi connectivity index (χ4v) is 3.06. The molecule has 140 valence electrons. The minimum Gasteiger partial charge on any atom is -0.493 e. The molecule has 0 atom stereocenters. The summed E-state index contributed by atoms with van der Waals surface area (Å²) < 4.78 is 22.2. The van der Waals surface area contributed by atoms with Crippen molar-refractivity contribution in [3.63, 3.8) is 0 Å². The molecule has 0 saturated heterocycles. The highest BCUT2D eigenvalue weighted by Crippen LogP contribution is 2.36. The molecule has 1 N–H and O–H groups in total. The molecule has 0 saturated carbocycles. The minimum absolute atomic E-state index is 0.239. The SMILES string of the molecule is CCOc1c(Br)cc(C(=O)NCc2cccc(OC)c2OC)cc1OC. The molecular weight excluding hydrogens is 402 g/mol. The van der Waals surface area contributed by atoms with Gasteiger partial charge in [-0.05, 0) is 41.1 Å². The Bertz CT molecular complexity index is 779. The van der Waals surface area contributed by atoms with E-state index in [0.29, 0.717) is 46.2 Å². The van der Waals surface area contributed by atoms with Crippen molar-refractivity contribution in [3.05, 3.63) is 45.9 Å². The molecule has 26 heavy (non-hydrogen) atoms. The monoisotopic (exact) mass is 423 g/mol. The van der Waals surface area contributed by atoms with Gasteiger partial charge in [0.15, 0.2) is 23.0 Å². The second-order valence-corrected chi connectivity index (χ2v) is 6.11. The maximum absolute atomic E-state index is 12.6. The van der Waals surface area contributed by atoms with Gasteiger partial charge in [-0.15, -0.1) is 0 Å². The first-order valence-corrected chi connectivity index (χ1v) is 8.83. The standard InChI is InChI=1S/C19H22BrNO5/c1-5-26-18-14(20)9-13(10-16(18)24-3)19(22)21-11-12-7-6-8-15(23-2)17(12)25-4/h6-10H,5,11H2,1-4H3,(H,21,22). The number of para-hydroxylation sites is 1. The van der Waals surface area contributed by atoms with Crippen molar-refractivity contribution in [2.75, 3.05) is 27.9 Å². The maximum atomic E-state index is 12.6. The van der Waals surface area contributed by atoms with Gasteiger partial charge in [-0.2, -0.15) is 0 Å². The first-order chi connectivity index (χ1) is 12.5. The Morgan fingerprint density at radius 1 is 1.04 bits per heavy atom. The second-order valence-electron chi connectivity index (χ2n) is 5.26. The van der Waals surface area contributed by atoms with E-state index in [9.17, 15) is 4.79 Å². The molecule has 0 aliphatic heterocycles. The summed E-state index contributed by atoms with van der Waals surface area (Å²) in [6, 6.07) is 8.87. The number of hydrogen-bond acceptors (Lipinski definition) is 5. The first-order valence-electron chi connectivity index (χ1n) is 8.04. The van der Waals surface area contributed by atoms with Gasteiger partial charge in [-0.3, -0.25) is 4.79 Å². The number of nitrogens with one attached hydrogen (secondary N) is 1. The smallest absolute Gasteiger partial charge is 0.251 e. The van der Waals surface area contributed by atoms with Gasteiger partial charge in [-0.25, -0.2) is 0 Å². The Hall–Kier alpha value is -2.41. The Morgan fingerprint density at radius 2 is 1.77 bits per heavy atom. The number of amides is 1. The second kappa shape index (κ2) is 9.33. The molecule has 2 aromatic rings. The van der Waals surface area contributed by atoms with Crippen LogP contribution in [0.25, 0.3) is 0 Å². The molecule has 7 heteroatoms. The number of hydrogen-bond donors (Lipinski definition) is 1. The Balaban J connectivity index is 2.20. The lowest BCUT2D eigenvalue weighted by Gasteiger charge is -2.15. The van der Waals surface area contributed by atoms with Crippen LogP contribution >= 0.6 is 15.9 Å². The largest absolute Gasteiger partial charge is 0.493 e. The number of carbonyl (C=O) groups is 1. The molecule has 0 fully saturated rings. The highest BCUT2D eigenvalue weighted by Gasteiger charge is 2.16. The van der Waals surface area contributed by atoms with Gasteiger partial charge in [-0.1, -0.05) is 12.1 Å².